The summed E-state index contributed by atoms with van der Waals surface area (Å²) < 4.78 is 5.02. The van der Waals surface area contributed by atoms with Gasteiger partial charge in [-0.25, -0.2) is 0 Å². The van der Waals surface area contributed by atoms with Crippen LogP contribution in [-0.4, -0.2) is 42.4 Å². The number of amides is 2. The fourth-order valence-electron chi connectivity index (χ4n) is 4.16. The summed E-state index contributed by atoms with van der Waals surface area (Å²) in [6.45, 7) is 3.70. The van der Waals surface area contributed by atoms with Crippen molar-refractivity contribution in [2.24, 2.45) is 17.8 Å². The number of methoxy groups -OCH3 is 1. The SMILES string of the molecule is COC(=O)[C@]1(C(C)C)N[C@@H](c2ccc(Cl)cc2)[C@H]2C(=O)N(C)C(=O)[C@@H]21. The van der Waals surface area contributed by atoms with Gasteiger partial charge >= 0.3 is 5.97 Å². The number of rotatable bonds is 3. The van der Waals surface area contributed by atoms with E-state index >= 15 is 0 Å². The highest BCUT2D eigenvalue weighted by Gasteiger charge is 2.69. The monoisotopic (exact) mass is 364 g/mol. The Morgan fingerprint density at radius 3 is 2.36 bits per heavy atom. The fourth-order valence-corrected chi connectivity index (χ4v) is 4.29. The van der Waals surface area contributed by atoms with E-state index in [9.17, 15) is 14.4 Å². The second-order valence-corrected chi connectivity index (χ2v) is 7.36. The zero-order valence-corrected chi connectivity index (χ0v) is 15.3. The smallest absolute Gasteiger partial charge is 0.327 e. The van der Waals surface area contributed by atoms with Gasteiger partial charge in [-0.3, -0.25) is 24.6 Å². The Morgan fingerprint density at radius 2 is 1.84 bits per heavy atom. The molecule has 134 valence electrons. The normalized spacial score (nSPS) is 31.6. The van der Waals surface area contributed by atoms with Crippen LogP contribution in [0.15, 0.2) is 24.3 Å². The largest absolute Gasteiger partial charge is 0.468 e. The van der Waals surface area contributed by atoms with Crippen LogP contribution in [0.2, 0.25) is 5.02 Å². The molecule has 0 aromatic heterocycles. The molecular weight excluding hydrogens is 344 g/mol. The van der Waals surface area contributed by atoms with E-state index in [1.807, 2.05) is 13.8 Å². The molecule has 7 heteroatoms. The van der Waals surface area contributed by atoms with Gasteiger partial charge in [0, 0.05) is 18.1 Å². The van der Waals surface area contributed by atoms with E-state index in [0.717, 1.165) is 10.5 Å². The molecule has 4 atom stereocenters. The molecule has 3 rings (SSSR count). The number of halogens is 1. The van der Waals surface area contributed by atoms with E-state index < -0.39 is 29.4 Å². The minimum atomic E-state index is -1.25. The summed E-state index contributed by atoms with van der Waals surface area (Å²) in [5.41, 5.74) is -0.441. The number of hydrogen-bond acceptors (Lipinski definition) is 5. The molecule has 1 aromatic carbocycles. The summed E-state index contributed by atoms with van der Waals surface area (Å²) in [5.74, 6) is -2.84. The Kier molecular flexibility index (Phi) is 4.37. The number of ether oxygens (including phenoxy) is 1. The number of fused-ring (bicyclic) bond motifs is 1. The lowest BCUT2D eigenvalue weighted by molar-refractivity contribution is -0.156. The van der Waals surface area contributed by atoms with Crippen molar-refractivity contribution >= 4 is 29.4 Å². The van der Waals surface area contributed by atoms with Crippen LogP contribution >= 0.6 is 11.6 Å². The second kappa shape index (κ2) is 6.11. The summed E-state index contributed by atoms with van der Waals surface area (Å²) in [4.78, 5) is 39.4. The average Bonchev–Trinajstić information content (AvgIpc) is 3.06. The molecule has 25 heavy (non-hydrogen) atoms. The van der Waals surface area contributed by atoms with Crippen molar-refractivity contribution < 1.29 is 19.1 Å². The van der Waals surface area contributed by atoms with E-state index in [1.165, 1.54) is 14.2 Å². The first kappa shape index (κ1) is 17.9. The summed E-state index contributed by atoms with van der Waals surface area (Å²) in [6.07, 6.45) is 0. The molecule has 2 heterocycles. The summed E-state index contributed by atoms with van der Waals surface area (Å²) in [5, 5.41) is 3.86. The minimum Gasteiger partial charge on any atom is -0.468 e. The molecule has 6 nitrogen and oxygen atoms in total. The van der Waals surface area contributed by atoms with E-state index in [2.05, 4.69) is 5.32 Å². The predicted octanol–water partition coefficient (Wildman–Crippen LogP) is 1.78. The average molecular weight is 365 g/mol. The summed E-state index contributed by atoms with van der Waals surface area (Å²) in [6, 6.07) is 6.60. The molecule has 0 bridgehead atoms. The Morgan fingerprint density at radius 1 is 1.24 bits per heavy atom. The van der Waals surface area contributed by atoms with Crippen molar-refractivity contribution in [3.63, 3.8) is 0 Å². The third kappa shape index (κ3) is 2.39. The van der Waals surface area contributed by atoms with Crippen LogP contribution in [0.5, 0.6) is 0 Å². The second-order valence-electron chi connectivity index (χ2n) is 6.93. The predicted molar refractivity (Wildman–Crippen MR) is 91.7 cm³/mol. The molecule has 0 radical (unpaired) electrons. The van der Waals surface area contributed by atoms with Gasteiger partial charge in [0.1, 0.15) is 5.54 Å². The number of nitrogens with one attached hydrogen (secondary N) is 1. The van der Waals surface area contributed by atoms with E-state index in [0.29, 0.717) is 5.02 Å². The molecule has 0 unspecified atom stereocenters. The Labute approximate surface area is 151 Å². The first-order chi connectivity index (χ1) is 11.8. The van der Waals surface area contributed by atoms with Gasteiger partial charge in [-0.15, -0.1) is 0 Å². The van der Waals surface area contributed by atoms with Gasteiger partial charge in [-0.2, -0.15) is 0 Å². The minimum absolute atomic E-state index is 0.243. The molecule has 2 amide bonds. The molecule has 0 spiro atoms. The number of benzene rings is 1. The first-order valence-electron chi connectivity index (χ1n) is 8.18. The molecule has 2 saturated heterocycles. The zero-order chi connectivity index (χ0) is 18.5. The molecule has 1 N–H and O–H groups in total. The Bertz CT molecular complexity index is 733. The fraction of sp³-hybridized carbons (Fsp3) is 0.500. The first-order valence-corrected chi connectivity index (χ1v) is 8.56. The van der Waals surface area contributed by atoms with Crippen molar-refractivity contribution in [3.8, 4) is 0 Å². The van der Waals surface area contributed by atoms with Crippen molar-refractivity contribution in [2.45, 2.75) is 25.4 Å². The van der Waals surface area contributed by atoms with Crippen LogP contribution < -0.4 is 5.32 Å². The topological polar surface area (TPSA) is 75.7 Å². The number of carbonyl (C=O) groups is 3. The van der Waals surface area contributed by atoms with Crippen LogP contribution in [0.4, 0.5) is 0 Å². The van der Waals surface area contributed by atoms with Gasteiger partial charge in [-0.05, 0) is 23.6 Å². The standard InChI is InChI=1S/C18H21ClN2O4/c1-9(2)18(17(24)25-4)13-12(15(22)21(3)16(13)23)14(20-18)10-5-7-11(19)8-6-10/h5-9,12-14,20H,1-4H3/t12-,13+,14-,18+/m0/s1. The molecule has 0 aliphatic carbocycles. The zero-order valence-electron chi connectivity index (χ0n) is 14.6. The lowest BCUT2D eigenvalue weighted by atomic mass is 9.73. The third-order valence-electron chi connectivity index (χ3n) is 5.48. The number of hydrogen-bond donors (Lipinski definition) is 1. The Balaban J connectivity index is 2.17. The molecule has 2 aliphatic heterocycles. The molecule has 2 aliphatic rings. The highest BCUT2D eigenvalue weighted by molar-refractivity contribution is 6.30. The van der Waals surface area contributed by atoms with Gasteiger partial charge in [0.05, 0.1) is 18.9 Å². The van der Waals surface area contributed by atoms with Crippen LogP contribution in [0.3, 0.4) is 0 Å². The maximum atomic E-state index is 12.8. The third-order valence-corrected chi connectivity index (χ3v) is 5.73. The molecule has 1 aromatic rings. The van der Waals surface area contributed by atoms with Crippen LogP contribution in [0.25, 0.3) is 0 Å². The molecule has 0 saturated carbocycles. The maximum Gasteiger partial charge on any atom is 0.327 e. The number of nitrogens with zero attached hydrogens (tertiary/aromatic N) is 1. The van der Waals surface area contributed by atoms with Crippen molar-refractivity contribution in [2.75, 3.05) is 14.2 Å². The lowest BCUT2D eigenvalue weighted by Gasteiger charge is -2.35. The molecular formula is C18H21ClN2O4. The van der Waals surface area contributed by atoms with E-state index in [1.54, 1.807) is 24.3 Å². The van der Waals surface area contributed by atoms with Gasteiger partial charge < -0.3 is 4.74 Å². The van der Waals surface area contributed by atoms with Crippen LogP contribution in [0, 0.1) is 17.8 Å². The lowest BCUT2D eigenvalue weighted by Crippen LogP contribution is -2.59. The highest BCUT2D eigenvalue weighted by atomic mass is 35.5. The highest BCUT2D eigenvalue weighted by Crippen LogP contribution is 2.51. The Hall–Kier alpha value is -1.92. The van der Waals surface area contributed by atoms with Crippen LogP contribution in [0.1, 0.15) is 25.5 Å². The summed E-state index contributed by atoms with van der Waals surface area (Å²) in [7, 11) is 2.76. The number of likely N-dealkylation sites (tertiary alicyclic amines) is 1. The molecule has 2 fully saturated rings. The van der Waals surface area contributed by atoms with Crippen molar-refractivity contribution in [3.05, 3.63) is 34.9 Å². The van der Waals surface area contributed by atoms with Gasteiger partial charge in [0.2, 0.25) is 11.8 Å². The van der Waals surface area contributed by atoms with Gasteiger partial charge in [-0.1, -0.05) is 37.6 Å². The van der Waals surface area contributed by atoms with Crippen molar-refractivity contribution in [1.82, 2.24) is 10.2 Å². The van der Waals surface area contributed by atoms with Crippen LogP contribution in [-0.2, 0) is 19.1 Å². The quantitative estimate of drug-likeness (QED) is 0.653. The van der Waals surface area contributed by atoms with E-state index in [4.69, 9.17) is 16.3 Å². The summed E-state index contributed by atoms with van der Waals surface area (Å²) >= 11 is 5.96. The number of esters is 1. The maximum absolute atomic E-state index is 12.8. The number of carbonyl (C=O) groups excluding carboxylic acids is 3. The van der Waals surface area contributed by atoms with Crippen molar-refractivity contribution in [1.29, 1.82) is 0 Å². The van der Waals surface area contributed by atoms with E-state index in [-0.39, 0.29) is 17.7 Å². The van der Waals surface area contributed by atoms with Gasteiger partial charge in [0.25, 0.3) is 0 Å². The number of imide groups is 1. The van der Waals surface area contributed by atoms with Gasteiger partial charge in [0.15, 0.2) is 0 Å².